The first kappa shape index (κ1) is 25.3. The molecule has 1 saturated heterocycles. The van der Waals surface area contributed by atoms with E-state index in [0.717, 1.165) is 0 Å². The third-order valence-corrected chi connectivity index (χ3v) is 5.99. The van der Waals surface area contributed by atoms with Gasteiger partial charge < -0.3 is 24.8 Å². The third-order valence-electron chi connectivity index (χ3n) is 5.82. The van der Waals surface area contributed by atoms with Crippen LogP contribution in [0.4, 0.5) is 5.82 Å². The predicted octanol–water partition coefficient (Wildman–Crippen LogP) is 0.956. The second-order valence-electron chi connectivity index (χ2n) is 7.94. The Morgan fingerprint density at radius 3 is 2.56 bits per heavy atom. The molecule has 4 rings (SSSR count). The van der Waals surface area contributed by atoms with Crippen molar-refractivity contribution >= 4 is 40.5 Å². The van der Waals surface area contributed by atoms with E-state index in [1.165, 1.54) is 10.9 Å². The molecule has 0 unspecified atom stereocenters. The number of anilines is 1. The number of terminal acetylenes is 1. The molecule has 188 valence electrons. The van der Waals surface area contributed by atoms with Crippen LogP contribution in [0.1, 0.15) is 11.8 Å². The lowest BCUT2D eigenvalue weighted by Crippen LogP contribution is -2.52. The molecule has 1 aromatic carbocycles. The Kier molecular flexibility index (Phi) is 7.07. The zero-order chi connectivity index (χ0) is 26.0. The number of aliphatic carboxylic acids is 2. The summed E-state index contributed by atoms with van der Waals surface area (Å²) in [6.07, 6.45) is 2.81. The average molecular weight is 518 g/mol. The average Bonchev–Trinajstić information content (AvgIpc) is 3.41. The molecule has 0 saturated carbocycles. The van der Waals surface area contributed by atoms with Gasteiger partial charge in [0.05, 0.1) is 18.9 Å². The van der Waals surface area contributed by atoms with E-state index in [1.807, 2.05) is 5.48 Å². The Bertz CT molecular complexity index is 1310. The first-order chi connectivity index (χ1) is 17.2. The van der Waals surface area contributed by atoms with E-state index in [0.29, 0.717) is 5.56 Å². The van der Waals surface area contributed by atoms with Gasteiger partial charge in [-0.25, -0.2) is 14.6 Å². The summed E-state index contributed by atoms with van der Waals surface area (Å²) < 4.78 is 12.7. The molecule has 0 bridgehead atoms. The van der Waals surface area contributed by atoms with Crippen LogP contribution in [-0.4, -0.2) is 76.4 Å². The smallest absolute Gasteiger partial charge is 0.348 e. The number of aromatic nitrogens is 4. The molecule has 1 aliphatic rings. The second-order valence-corrected chi connectivity index (χ2v) is 8.27. The lowest BCUT2D eigenvalue weighted by Gasteiger charge is -2.27. The molecular formula is C22H20ClN5O8. The molecule has 36 heavy (non-hydrogen) atoms. The number of nitrogens with zero attached hydrogens (tertiary/aromatic N) is 4. The Morgan fingerprint density at radius 2 is 1.94 bits per heavy atom. The van der Waals surface area contributed by atoms with Gasteiger partial charge in [-0.3, -0.25) is 15.3 Å². The number of benzene rings is 1. The highest BCUT2D eigenvalue weighted by molar-refractivity contribution is 6.28. The molecule has 3 aromatic rings. The fraction of sp³-hybridized carbons (Fsp3) is 0.318. The molecule has 13 nitrogen and oxygen atoms in total. The predicted molar refractivity (Wildman–Crippen MR) is 122 cm³/mol. The molecule has 3 heterocycles. The van der Waals surface area contributed by atoms with E-state index in [-0.39, 0.29) is 22.3 Å². The largest absolute Gasteiger partial charge is 0.479 e. The van der Waals surface area contributed by atoms with Crippen molar-refractivity contribution < 1.29 is 39.6 Å². The summed E-state index contributed by atoms with van der Waals surface area (Å²) in [7, 11) is 0. The Hall–Kier alpha value is -3.80. The van der Waals surface area contributed by atoms with E-state index in [2.05, 4.69) is 20.9 Å². The van der Waals surface area contributed by atoms with Crippen LogP contribution < -0.4 is 5.48 Å². The summed E-state index contributed by atoms with van der Waals surface area (Å²) in [5, 5.41) is 39.5. The summed E-state index contributed by atoms with van der Waals surface area (Å²) in [5.41, 5.74) is -0.129. The zero-order valence-electron chi connectivity index (χ0n) is 18.4. The van der Waals surface area contributed by atoms with Gasteiger partial charge in [-0.15, -0.1) is 6.42 Å². The standard InChI is InChI=1S/C22H20ClN5O8/c1-2-12-13(9-35-22(19(30)31,20(32)33)8-11-6-4-3-5-7-11)36-18(15(12)29)28-10-24-14-16(27-34)25-21(23)26-17(14)28/h1,3-7,10,12-13,15,18,29,34H,8-9H2,(H,30,31)(H,32,33)(H,25,26,27)/t12-,13+,15+,18+/m0/s1. The number of ether oxygens (including phenoxy) is 2. The van der Waals surface area contributed by atoms with E-state index in [4.69, 9.17) is 27.5 Å². The number of carbonyl (C=O) groups is 2. The molecule has 0 spiro atoms. The first-order valence-corrected chi connectivity index (χ1v) is 10.8. The minimum Gasteiger partial charge on any atom is -0.479 e. The highest BCUT2D eigenvalue weighted by Crippen LogP contribution is 2.37. The number of carboxylic acids is 2. The normalized spacial score (nSPS) is 21.8. The number of rotatable bonds is 9. The van der Waals surface area contributed by atoms with Gasteiger partial charge in [-0.1, -0.05) is 36.3 Å². The Labute approximate surface area is 208 Å². The summed E-state index contributed by atoms with van der Waals surface area (Å²) in [6.45, 7) is -0.556. The number of fused-ring (bicyclic) bond motifs is 1. The molecule has 4 atom stereocenters. The molecular weight excluding hydrogens is 498 g/mol. The number of imidazole rings is 1. The maximum Gasteiger partial charge on any atom is 0.348 e. The van der Waals surface area contributed by atoms with Crippen LogP contribution >= 0.6 is 11.6 Å². The number of nitrogens with one attached hydrogen (secondary N) is 1. The van der Waals surface area contributed by atoms with Gasteiger partial charge in [-0.05, 0) is 17.2 Å². The van der Waals surface area contributed by atoms with E-state index >= 15 is 0 Å². The lowest BCUT2D eigenvalue weighted by atomic mass is 9.93. The van der Waals surface area contributed by atoms with Gasteiger partial charge in [0.25, 0.3) is 5.60 Å². The monoisotopic (exact) mass is 517 g/mol. The van der Waals surface area contributed by atoms with Crippen LogP contribution in [0.5, 0.6) is 0 Å². The summed E-state index contributed by atoms with van der Waals surface area (Å²) in [5.74, 6) is -2.11. The van der Waals surface area contributed by atoms with Crippen LogP contribution in [-0.2, 0) is 25.5 Å². The molecule has 0 amide bonds. The van der Waals surface area contributed by atoms with Gasteiger partial charge >= 0.3 is 11.9 Å². The van der Waals surface area contributed by atoms with Crippen molar-refractivity contribution in [3.05, 3.63) is 47.5 Å². The third kappa shape index (κ3) is 4.43. The van der Waals surface area contributed by atoms with Gasteiger partial charge in [0, 0.05) is 6.42 Å². The van der Waals surface area contributed by atoms with Crippen molar-refractivity contribution in [3.8, 4) is 12.3 Å². The number of halogens is 1. The van der Waals surface area contributed by atoms with Crippen molar-refractivity contribution in [2.24, 2.45) is 5.92 Å². The summed E-state index contributed by atoms with van der Waals surface area (Å²) in [4.78, 5) is 36.1. The molecule has 0 radical (unpaired) electrons. The number of carboxylic acid groups (broad SMARTS) is 2. The van der Waals surface area contributed by atoms with Crippen molar-refractivity contribution in [2.75, 3.05) is 12.1 Å². The maximum atomic E-state index is 12.1. The summed E-state index contributed by atoms with van der Waals surface area (Å²) >= 11 is 5.90. The molecule has 14 heteroatoms. The highest BCUT2D eigenvalue weighted by atomic mass is 35.5. The number of hydrogen-bond acceptors (Lipinski definition) is 10. The zero-order valence-corrected chi connectivity index (χ0v) is 19.1. The van der Waals surface area contributed by atoms with Gasteiger partial charge in [-0.2, -0.15) is 9.97 Å². The van der Waals surface area contributed by atoms with Crippen LogP contribution in [0.2, 0.25) is 5.28 Å². The van der Waals surface area contributed by atoms with Gasteiger partial charge in [0.15, 0.2) is 23.2 Å². The van der Waals surface area contributed by atoms with E-state index in [9.17, 15) is 30.1 Å². The van der Waals surface area contributed by atoms with Crippen LogP contribution in [0.3, 0.4) is 0 Å². The van der Waals surface area contributed by atoms with Crippen molar-refractivity contribution in [3.63, 3.8) is 0 Å². The number of aliphatic hydroxyl groups is 1. The van der Waals surface area contributed by atoms with Gasteiger partial charge in [0.1, 0.15) is 12.2 Å². The van der Waals surface area contributed by atoms with Crippen molar-refractivity contribution in [1.29, 1.82) is 0 Å². The Balaban J connectivity index is 1.61. The summed E-state index contributed by atoms with van der Waals surface area (Å²) in [6, 6.07) is 8.14. The molecule has 1 aliphatic heterocycles. The minimum absolute atomic E-state index is 0.0850. The molecule has 5 N–H and O–H groups in total. The van der Waals surface area contributed by atoms with Crippen LogP contribution in [0.15, 0.2) is 36.7 Å². The lowest BCUT2D eigenvalue weighted by molar-refractivity contribution is -0.188. The topological polar surface area (TPSA) is 189 Å². The fourth-order valence-electron chi connectivity index (χ4n) is 4.00. The van der Waals surface area contributed by atoms with Crippen LogP contribution in [0, 0.1) is 18.3 Å². The quantitative estimate of drug-likeness (QED) is 0.117. The molecule has 0 aliphatic carbocycles. The van der Waals surface area contributed by atoms with Crippen LogP contribution in [0.25, 0.3) is 11.2 Å². The first-order valence-electron chi connectivity index (χ1n) is 10.5. The minimum atomic E-state index is -2.63. The fourth-order valence-corrected chi connectivity index (χ4v) is 4.16. The van der Waals surface area contributed by atoms with E-state index in [1.54, 1.807) is 30.3 Å². The van der Waals surface area contributed by atoms with Crippen molar-refractivity contribution in [1.82, 2.24) is 19.5 Å². The maximum absolute atomic E-state index is 12.1. The van der Waals surface area contributed by atoms with Crippen molar-refractivity contribution in [2.45, 2.75) is 30.5 Å². The van der Waals surface area contributed by atoms with Gasteiger partial charge in [0.2, 0.25) is 5.28 Å². The van der Waals surface area contributed by atoms with E-state index < -0.39 is 54.9 Å². The highest BCUT2D eigenvalue weighted by Gasteiger charge is 2.51. The number of hydrogen-bond donors (Lipinski definition) is 5. The second kappa shape index (κ2) is 10.1. The number of aliphatic hydroxyl groups excluding tert-OH is 1. The Morgan fingerprint density at radius 1 is 1.25 bits per heavy atom. The molecule has 2 aromatic heterocycles. The SMILES string of the molecule is C#C[C@@H]1[C@@H](O)[C@H](n2cnc3c(NO)nc(Cl)nc32)O[C@@H]1COC(Cc1ccccc1)(C(=O)O)C(=O)O. The molecule has 1 fully saturated rings.